The average molecular weight is 429 g/mol. The number of ether oxygens (including phenoxy) is 1. The number of aromatic nitrogens is 2. The van der Waals surface area contributed by atoms with E-state index >= 15 is 0 Å². The van der Waals surface area contributed by atoms with Gasteiger partial charge in [-0.2, -0.15) is 0 Å². The quantitative estimate of drug-likeness (QED) is 0.672. The van der Waals surface area contributed by atoms with Gasteiger partial charge in [0.15, 0.2) is 0 Å². The summed E-state index contributed by atoms with van der Waals surface area (Å²) in [7, 11) is 0. The Morgan fingerprint density at radius 2 is 2.13 bits per heavy atom. The van der Waals surface area contributed by atoms with Crippen molar-refractivity contribution in [2.24, 2.45) is 0 Å². The molecule has 0 aliphatic carbocycles. The molecule has 158 valence electrons. The number of amides is 3. The number of likely N-dealkylation sites (tertiary alicyclic amines) is 1. The van der Waals surface area contributed by atoms with E-state index in [2.05, 4.69) is 25.9 Å². The number of piperidine rings is 1. The van der Waals surface area contributed by atoms with Crippen LogP contribution < -0.4 is 20.7 Å². The van der Waals surface area contributed by atoms with Crippen LogP contribution in [0.2, 0.25) is 0 Å². The van der Waals surface area contributed by atoms with Crippen molar-refractivity contribution in [3.63, 3.8) is 0 Å². The Kier molecular flexibility index (Phi) is 6.22. The highest BCUT2D eigenvalue weighted by Crippen LogP contribution is 2.33. The van der Waals surface area contributed by atoms with E-state index in [9.17, 15) is 9.59 Å². The molecular weight excluding hydrogens is 404 g/mol. The zero-order chi connectivity index (χ0) is 20.9. The molecule has 10 heteroatoms. The molecule has 0 atom stereocenters. The van der Waals surface area contributed by atoms with Crippen molar-refractivity contribution in [3.05, 3.63) is 30.6 Å². The SMILES string of the molecule is CCOc1cc(NC2CCN(C(=O)Nc3ccc4c(c3)SCC(=O)N4)CC2)ncn1. The second-order valence-electron chi connectivity index (χ2n) is 7.06. The number of nitrogens with one attached hydrogen (secondary N) is 3. The molecule has 3 amide bonds. The van der Waals surface area contributed by atoms with Crippen molar-refractivity contribution in [3.8, 4) is 5.88 Å². The molecular formula is C20H24N6O3S. The molecule has 1 fully saturated rings. The third-order valence-corrected chi connectivity index (χ3v) is 5.99. The van der Waals surface area contributed by atoms with Gasteiger partial charge >= 0.3 is 6.03 Å². The van der Waals surface area contributed by atoms with Crippen LogP contribution in [0, 0.1) is 0 Å². The molecule has 4 rings (SSSR count). The predicted octanol–water partition coefficient (Wildman–Crippen LogP) is 3.03. The van der Waals surface area contributed by atoms with E-state index < -0.39 is 0 Å². The van der Waals surface area contributed by atoms with Gasteiger partial charge in [-0.25, -0.2) is 14.8 Å². The number of benzene rings is 1. The van der Waals surface area contributed by atoms with E-state index in [1.807, 2.05) is 30.0 Å². The topological polar surface area (TPSA) is 108 Å². The molecule has 3 N–H and O–H groups in total. The van der Waals surface area contributed by atoms with Crippen LogP contribution in [-0.2, 0) is 4.79 Å². The van der Waals surface area contributed by atoms with E-state index in [0.717, 1.165) is 34.9 Å². The Hall–Kier alpha value is -3.01. The standard InChI is InChI=1S/C20H24N6O3S/c1-2-29-19-10-17(21-12-22-19)23-13-5-7-26(8-6-13)20(28)24-14-3-4-15-16(9-14)30-11-18(27)25-15/h3-4,9-10,12-13H,2,5-8,11H2,1H3,(H,24,28)(H,25,27)(H,21,22,23). The lowest BCUT2D eigenvalue weighted by Crippen LogP contribution is -2.44. The number of hydrogen-bond donors (Lipinski definition) is 3. The fraction of sp³-hybridized carbons (Fsp3) is 0.400. The van der Waals surface area contributed by atoms with Crippen molar-refractivity contribution in [1.82, 2.24) is 14.9 Å². The number of anilines is 3. The lowest BCUT2D eigenvalue weighted by atomic mass is 10.1. The summed E-state index contributed by atoms with van der Waals surface area (Å²) < 4.78 is 5.41. The molecule has 2 aromatic rings. The minimum absolute atomic E-state index is 0.00292. The molecule has 30 heavy (non-hydrogen) atoms. The summed E-state index contributed by atoms with van der Waals surface area (Å²) in [5, 5.41) is 9.19. The Balaban J connectivity index is 1.28. The number of nitrogens with zero attached hydrogens (tertiary/aromatic N) is 3. The molecule has 2 aliphatic heterocycles. The molecule has 1 aromatic carbocycles. The number of hydrogen-bond acceptors (Lipinski definition) is 7. The van der Waals surface area contributed by atoms with Gasteiger partial charge in [0.25, 0.3) is 0 Å². The minimum Gasteiger partial charge on any atom is -0.478 e. The van der Waals surface area contributed by atoms with Crippen LogP contribution in [0.4, 0.5) is 22.0 Å². The van der Waals surface area contributed by atoms with Gasteiger partial charge in [-0.15, -0.1) is 11.8 Å². The van der Waals surface area contributed by atoms with Gasteiger partial charge in [0.1, 0.15) is 12.1 Å². The van der Waals surface area contributed by atoms with E-state index in [-0.39, 0.29) is 18.0 Å². The first-order chi connectivity index (χ1) is 14.6. The van der Waals surface area contributed by atoms with Crippen LogP contribution in [0.25, 0.3) is 0 Å². The maximum atomic E-state index is 12.6. The summed E-state index contributed by atoms with van der Waals surface area (Å²) in [6.45, 7) is 3.78. The smallest absolute Gasteiger partial charge is 0.321 e. The zero-order valence-electron chi connectivity index (χ0n) is 16.7. The number of thioether (sulfide) groups is 1. The zero-order valence-corrected chi connectivity index (χ0v) is 17.5. The third-order valence-electron chi connectivity index (χ3n) is 4.93. The summed E-state index contributed by atoms with van der Waals surface area (Å²) in [5.41, 5.74) is 1.52. The van der Waals surface area contributed by atoms with Gasteiger partial charge in [0.2, 0.25) is 11.8 Å². The Morgan fingerprint density at radius 3 is 2.93 bits per heavy atom. The van der Waals surface area contributed by atoms with Crippen LogP contribution in [0.1, 0.15) is 19.8 Å². The third kappa shape index (κ3) is 4.93. The van der Waals surface area contributed by atoms with E-state index in [1.165, 1.54) is 18.1 Å². The normalized spacial score (nSPS) is 16.4. The first-order valence-electron chi connectivity index (χ1n) is 9.94. The largest absolute Gasteiger partial charge is 0.478 e. The van der Waals surface area contributed by atoms with Gasteiger partial charge < -0.3 is 25.6 Å². The molecule has 9 nitrogen and oxygen atoms in total. The molecule has 0 radical (unpaired) electrons. The number of rotatable bonds is 5. The average Bonchev–Trinajstić information content (AvgIpc) is 2.75. The summed E-state index contributed by atoms with van der Waals surface area (Å²) in [5.74, 6) is 1.67. The molecule has 2 aliphatic rings. The fourth-order valence-electron chi connectivity index (χ4n) is 3.44. The number of urea groups is 1. The monoisotopic (exact) mass is 428 g/mol. The summed E-state index contributed by atoms with van der Waals surface area (Å²) in [6.07, 6.45) is 3.14. The van der Waals surface area contributed by atoms with E-state index in [1.54, 1.807) is 6.07 Å². The number of carbonyl (C=O) groups excluding carboxylic acids is 2. The maximum absolute atomic E-state index is 12.6. The van der Waals surface area contributed by atoms with Crippen LogP contribution in [-0.4, -0.2) is 58.3 Å². The van der Waals surface area contributed by atoms with Crippen molar-refractivity contribution in [2.75, 3.05) is 41.4 Å². The minimum atomic E-state index is -0.112. The van der Waals surface area contributed by atoms with Crippen molar-refractivity contribution < 1.29 is 14.3 Å². The number of fused-ring (bicyclic) bond motifs is 1. The Bertz CT molecular complexity index is 933. The summed E-state index contributed by atoms with van der Waals surface area (Å²) in [4.78, 5) is 35.2. The van der Waals surface area contributed by atoms with Gasteiger partial charge in [-0.3, -0.25) is 4.79 Å². The van der Waals surface area contributed by atoms with Gasteiger partial charge in [-0.05, 0) is 38.0 Å². The Morgan fingerprint density at radius 1 is 1.30 bits per heavy atom. The number of carbonyl (C=O) groups is 2. The molecule has 0 spiro atoms. The molecule has 1 saturated heterocycles. The molecule has 1 aromatic heterocycles. The van der Waals surface area contributed by atoms with Gasteiger partial charge in [0, 0.05) is 35.8 Å². The molecule has 0 saturated carbocycles. The van der Waals surface area contributed by atoms with E-state index in [4.69, 9.17) is 4.74 Å². The van der Waals surface area contributed by atoms with Crippen molar-refractivity contribution >= 4 is 40.9 Å². The van der Waals surface area contributed by atoms with Crippen LogP contribution in [0.3, 0.4) is 0 Å². The van der Waals surface area contributed by atoms with E-state index in [0.29, 0.717) is 31.3 Å². The highest BCUT2D eigenvalue weighted by molar-refractivity contribution is 8.00. The lowest BCUT2D eigenvalue weighted by Gasteiger charge is -2.32. The predicted molar refractivity (Wildman–Crippen MR) is 116 cm³/mol. The summed E-state index contributed by atoms with van der Waals surface area (Å²) >= 11 is 1.47. The highest BCUT2D eigenvalue weighted by Gasteiger charge is 2.24. The van der Waals surface area contributed by atoms with Gasteiger partial charge in [0.05, 0.1) is 18.0 Å². The van der Waals surface area contributed by atoms with Crippen LogP contribution in [0.15, 0.2) is 35.5 Å². The van der Waals surface area contributed by atoms with Crippen molar-refractivity contribution in [2.45, 2.75) is 30.7 Å². The maximum Gasteiger partial charge on any atom is 0.321 e. The fourth-order valence-corrected chi connectivity index (χ4v) is 4.28. The van der Waals surface area contributed by atoms with Crippen LogP contribution in [0.5, 0.6) is 5.88 Å². The Labute approximate surface area is 179 Å². The summed E-state index contributed by atoms with van der Waals surface area (Å²) in [6, 6.07) is 7.45. The highest BCUT2D eigenvalue weighted by atomic mass is 32.2. The first kappa shape index (κ1) is 20.3. The second kappa shape index (κ2) is 9.21. The van der Waals surface area contributed by atoms with Crippen molar-refractivity contribution in [1.29, 1.82) is 0 Å². The molecule has 0 bridgehead atoms. The first-order valence-corrected chi connectivity index (χ1v) is 10.9. The van der Waals surface area contributed by atoms with Gasteiger partial charge in [-0.1, -0.05) is 0 Å². The second-order valence-corrected chi connectivity index (χ2v) is 8.08. The molecule has 0 unspecified atom stereocenters. The molecule has 3 heterocycles. The van der Waals surface area contributed by atoms with Crippen LogP contribution >= 0.6 is 11.8 Å². The lowest BCUT2D eigenvalue weighted by molar-refractivity contribution is -0.113.